The van der Waals surface area contributed by atoms with Crippen LogP contribution in [0.15, 0.2) is 57.1 Å². The molecule has 0 saturated heterocycles. The molecule has 32 heavy (non-hydrogen) atoms. The topological polar surface area (TPSA) is 72.6 Å². The highest BCUT2D eigenvalue weighted by Crippen LogP contribution is 2.42. The number of benzene rings is 2. The fourth-order valence-electron chi connectivity index (χ4n) is 4.05. The number of carbonyl (C=O) groups excluding carboxylic acids is 1. The minimum atomic E-state index is -0.644. The summed E-state index contributed by atoms with van der Waals surface area (Å²) < 4.78 is 11.8. The predicted octanol–water partition coefficient (Wildman–Crippen LogP) is 5.40. The Hall–Kier alpha value is -3.45. The van der Waals surface area contributed by atoms with Crippen molar-refractivity contribution in [3.05, 3.63) is 86.2 Å². The van der Waals surface area contributed by atoms with Crippen molar-refractivity contribution in [3.63, 3.8) is 0 Å². The van der Waals surface area contributed by atoms with E-state index in [1.54, 1.807) is 17.0 Å². The number of ether oxygens (including phenoxy) is 1. The fraction of sp³-hybridized carbons (Fsp3) is 0.240. The maximum atomic E-state index is 13.7. The molecule has 4 aromatic rings. The Morgan fingerprint density at radius 2 is 2.00 bits per heavy atom. The first-order valence-corrected chi connectivity index (χ1v) is 11.4. The number of aromatic nitrogens is 1. The van der Waals surface area contributed by atoms with Gasteiger partial charge in [-0.1, -0.05) is 30.7 Å². The van der Waals surface area contributed by atoms with Gasteiger partial charge in [-0.15, -0.1) is 11.3 Å². The van der Waals surface area contributed by atoms with Crippen LogP contribution in [0.5, 0.6) is 5.75 Å². The third-order valence-electron chi connectivity index (χ3n) is 5.49. The van der Waals surface area contributed by atoms with Crippen LogP contribution in [0.4, 0.5) is 5.13 Å². The lowest BCUT2D eigenvalue weighted by Gasteiger charge is -2.23. The number of fused-ring (bicyclic) bond motifs is 2. The van der Waals surface area contributed by atoms with Crippen molar-refractivity contribution >= 4 is 33.3 Å². The van der Waals surface area contributed by atoms with E-state index >= 15 is 0 Å². The molecule has 5 rings (SSSR count). The number of carbonyl (C=O) groups is 1. The maximum absolute atomic E-state index is 13.7. The number of thiazole rings is 1. The molecule has 2 aromatic heterocycles. The van der Waals surface area contributed by atoms with Gasteiger partial charge in [-0.05, 0) is 50.1 Å². The van der Waals surface area contributed by atoms with Gasteiger partial charge >= 0.3 is 0 Å². The molecular weight excluding hydrogens is 424 g/mol. The van der Waals surface area contributed by atoms with Crippen LogP contribution in [0.1, 0.15) is 52.3 Å². The van der Waals surface area contributed by atoms with Crippen LogP contribution >= 0.6 is 11.3 Å². The van der Waals surface area contributed by atoms with Gasteiger partial charge in [-0.3, -0.25) is 14.5 Å². The minimum Gasteiger partial charge on any atom is -0.494 e. The first-order chi connectivity index (χ1) is 15.5. The molecule has 0 spiro atoms. The average Bonchev–Trinajstić information content (AvgIpc) is 3.34. The molecule has 0 fully saturated rings. The van der Waals surface area contributed by atoms with E-state index in [2.05, 4.69) is 4.98 Å². The van der Waals surface area contributed by atoms with Crippen LogP contribution in [0.25, 0.3) is 11.0 Å². The van der Waals surface area contributed by atoms with Gasteiger partial charge in [0.25, 0.3) is 5.91 Å². The SMILES string of the molecule is CCCOc1cccc([C@H]2c3c(oc4ccc(C)cc4c3=O)C(=O)N2c2nc(C)cs2)c1. The molecule has 0 N–H and O–H groups in total. The van der Waals surface area contributed by atoms with Gasteiger partial charge in [0, 0.05) is 5.38 Å². The monoisotopic (exact) mass is 446 g/mol. The molecule has 6 nitrogen and oxygen atoms in total. The molecule has 0 unspecified atom stereocenters. The lowest BCUT2D eigenvalue weighted by atomic mass is 9.98. The predicted molar refractivity (Wildman–Crippen MR) is 125 cm³/mol. The van der Waals surface area contributed by atoms with Gasteiger partial charge in [-0.25, -0.2) is 4.98 Å². The quantitative estimate of drug-likeness (QED) is 0.410. The van der Waals surface area contributed by atoms with Crippen molar-refractivity contribution in [2.45, 2.75) is 33.2 Å². The third kappa shape index (κ3) is 3.29. The fourth-order valence-corrected chi connectivity index (χ4v) is 4.87. The summed E-state index contributed by atoms with van der Waals surface area (Å²) in [5.74, 6) is 0.407. The molecule has 0 bridgehead atoms. The zero-order chi connectivity index (χ0) is 22.4. The van der Waals surface area contributed by atoms with Gasteiger partial charge in [0.05, 0.1) is 29.3 Å². The summed E-state index contributed by atoms with van der Waals surface area (Å²) in [4.78, 5) is 33.3. The average molecular weight is 447 g/mol. The highest BCUT2D eigenvalue weighted by Gasteiger charge is 2.45. The minimum absolute atomic E-state index is 0.0732. The number of aryl methyl sites for hydroxylation is 2. The molecule has 1 aliphatic rings. The van der Waals surface area contributed by atoms with E-state index in [1.807, 2.05) is 56.5 Å². The van der Waals surface area contributed by atoms with Crippen molar-refractivity contribution in [3.8, 4) is 5.75 Å². The van der Waals surface area contributed by atoms with Gasteiger partial charge in [-0.2, -0.15) is 0 Å². The summed E-state index contributed by atoms with van der Waals surface area (Å²) in [6.07, 6.45) is 0.883. The van der Waals surface area contributed by atoms with Crippen molar-refractivity contribution in [1.29, 1.82) is 0 Å². The molecule has 1 amide bonds. The lowest BCUT2D eigenvalue weighted by Crippen LogP contribution is -2.29. The van der Waals surface area contributed by atoms with Crippen LogP contribution < -0.4 is 15.1 Å². The smallest absolute Gasteiger partial charge is 0.297 e. The number of anilines is 1. The Kier molecular flexibility index (Phi) is 5.06. The summed E-state index contributed by atoms with van der Waals surface area (Å²) in [5, 5.41) is 2.89. The summed E-state index contributed by atoms with van der Waals surface area (Å²) in [6.45, 7) is 6.43. The Bertz CT molecular complexity index is 1400. The van der Waals surface area contributed by atoms with Crippen molar-refractivity contribution in [2.75, 3.05) is 11.5 Å². The van der Waals surface area contributed by atoms with Crippen LogP contribution in [-0.4, -0.2) is 17.5 Å². The van der Waals surface area contributed by atoms with E-state index in [9.17, 15) is 9.59 Å². The highest BCUT2D eigenvalue weighted by molar-refractivity contribution is 7.14. The number of hydrogen-bond acceptors (Lipinski definition) is 6. The molecule has 1 atom stereocenters. The third-order valence-corrected chi connectivity index (χ3v) is 6.44. The van der Waals surface area contributed by atoms with E-state index in [1.165, 1.54) is 11.3 Å². The lowest BCUT2D eigenvalue weighted by molar-refractivity contribution is 0.0971. The normalized spacial score (nSPS) is 15.4. The molecule has 162 valence electrons. The van der Waals surface area contributed by atoms with Crippen LogP contribution in [0.3, 0.4) is 0 Å². The molecule has 1 aliphatic heterocycles. The van der Waals surface area contributed by atoms with Crippen LogP contribution in [-0.2, 0) is 0 Å². The largest absolute Gasteiger partial charge is 0.494 e. The van der Waals surface area contributed by atoms with Crippen LogP contribution in [0, 0.1) is 13.8 Å². The number of nitrogens with zero attached hydrogens (tertiary/aromatic N) is 2. The molecular formula is C25H22N2O4S. The molecule has 0 saturated carbocycles. The van der Waals surface area contributed by atoms with E-state index < -0.39 is 6.04 Å². The zero-order valence-corrected chi connectivity index (χ0v) is 18.9. The first kappa shape index (κ1) is 20.5. The second-order valence-electron chi connectivity index (χ2n) is 7.94. The summed E-state index contributed by atoms with van der Waals surface area (Å²) >= 11 is 1.37. The summed E-state index contributed by atoms with van der Waals surface area (Å²) in [7, 11) is 0. The highest BCUT2D eigenvalue weighted by atomic mass is 32.1. The summed E-state index contributed by atoms with van der Waals surface area (Å²) in [5.41, 5.74) is 3.09. The van der Waals surface area contributed by atoms with E-state index in [4.69, 9.17) is 9.15 Å². The Morgan fingerprint density at radius 1 is 1.16 bits per heavy atom. The van der Waals surface area contributed by atoms with Crippen molar-refractivity contribution < 1.29 is 13.9 Å². The van der Waals surface area contributed by atoms with Gasteiger partial charge in [0.15, 0.2) is 10.6 Å². The van der Waals surface area contributed by atoms with Gasteiger partial charge in [0.2, 0.25) is 5.76 Å². The van der Waals surface area contributed by atoms with Crippen molar-refractivity contribution in [2.24, 2.45) is 0 Å². The van der Waals surface area contributed by atoms with Gasteiger partial charge < -0.3 is 9.15 Å². The molecule has 3 heterocycles. The molecule has 0 aliphatic carbocycles. The molecule has 7 heteroatoms. The van der Waals surface area contributed by atoms with E-state index in [0.29, 0.717) is 34.0 Å². The Morgan fingerprint density at radius 3 is 2.75 bits per heavy atom. The standard InChI is InChI=1S/C25H22N2O4S/c1-4-10-30-17-7-5-6-16(12-17)21-20-22(28)18-11-14(2)8-9-19(18)31-23(20)24(29)27(21)25-26-15(3)13-32-25/h5-9,11-13,21H,4,10H2,1-3H3/t21-/m0/s1. The second-order valence-corrected chi connectivity index (χ2v) is 8.78. The molecule has 2 aromatic carbocycles. The first-order valence-electron chi connectivity index (χ1n) is 10.5. The Labute approximate surface area is 189 Å². The van der Waals surface area contributed by atoms with E-state index in [0.717, 1.165) is 23.2 Å². The maximum Gasteiger partial charge on any atom is 0.297 e. The van der Waals surface area contributed by atoms with Gasteiger partial charge in [0.1, 0.15) is 11.3 Å². The zero-order valence-electron chi connectivity index (χ0n) is 18.0. The van der Waals surface area contributed by atoms with Crippen LogP contribution in [0.2, 0.25) is 0 Å². The number of hydrogen-bond donors (Lipinski definition) is 0. The van der Waals surface area contributed by atoms with Crippen molar-refractivity contribution in [1.82, 2.24) is 4.98 Å². The number of amides is 1. The van der Waals surface area contributed by atoms with E-state index in [-0.39, 0.29) is 17.1 Å². The summed E-state index contributed by atoms with van der Waals surface area (Å²) in [6, 6.07) is 12.3. The second kappa shape index (κ2) is 7.91. The number of rotatable bonds is 5. The Balaban J connectivity index is 1.76. The molecule has 0 radical (unpaired) electrons.